The fourth-order valence-electron chi connectivity index (χ4n) is 3.12. The van der Waals surface area contributed by atoms with E-state index in [0.717, 1.165) is 17.9 Å². The highest BCUT2D eigenvalue weighted by atomic mass is 16.6. The molecule has 22 heavy (non-hydrogen) atoms. The fourth-order valence-corrected chi connectivity index (χ4v) is 3.12. The molecule has 3 atom stereocenters. The second-order valence-corrected chi connectivity index (χ2v) is 6.22. The van der Waals surface area contributed by atoms with Gasteiger partial charge in [-0.2, -0.15) is 0 Å². The number of hydrogen-bond donors (Lipinski definition) is 2. The Morgan fingerprint density at radius 2 is 2.00 bits per heavy atom. The molecule has 1 aromatic carbocycles. The van der Waals surface area contributed by atoms with Crippen LogP contribution in [-0.4, -0.2) is 31.3 Å². The van der Waals surface area contributed by atoms with E-state index in [9.17, 15) is 4.79 Å². The molecule has 3 rings (SSSR count). The molecule has 2 N–H and O–H groups in total. The first kappa shape index (κ1) is 15.0. The lowest BCUT2D eigenvalue weighted by molar-refractivity contribution is 0.0915. The summed E-state index contributed by atoms with van der Waals surface area (Å²) in [4.78, 5) is 12.0. The van der Waals surface area contributed by atoms with Gasteiger partial charge < -0.3 is 20.1 Å². The van der Waals surface area contributed by atoms with Gasteiger partial charge in [-0.1, -0.05) is 31.9 Å². The third-order valence-corrected chi connectivity index (χ3v) is 4.49. The van der Waals surface area contributed by atoms with Crippen molar-refractivity contribution in [3.63, 3.8) is 0 Å². The molecule has 0 bridgehead atoms. The Hall–Kier alpha value is -1.91. The molecular formula is C17H24N2O3. The van der Waals surface area contributed by atoms with E-state index in [1.807, 2.05) is 24.3 Å². The van der Waals surface area contributed by atoms with E-state index in [2.05, 4.69) is 17.6 Å². The number of amides is 2. The van der Waals surface area contributed by atoms with Gasteiger partial charge in [-0.05, 0) is 30.9 Å². The van der Waals surface area contributed by atoms with E-state index in [1.54, 1.807) is 0 Å². The molecular weight excluding hydrogens is 280 g/mol. The molecule has 1 aromatic rings. The second-order valence-electron chi connectivity index (χ2n) is 6.22. The van der Waals surface area contributed by atoms with Crippen LogP contribution in [0.2, 0.25) is 0 Å². The average molecular weight is 304 g/mol. The van der Waals surface area contributed by atoms with Crippen LogP contribution in [0.25, 0.3) is 0 Å². The van der Waals surface area contributed by atoms with Crippen molar-refractivity contribution in [2.45, 2.75) is 44.8 Å². The lowest BCUT2D eigenvalue weighted by Crippen LogP contribution is -2.49. The molecule has 1 heterocycles. The Kier molecular flexibility index (Phi) is 4.71. The fraction of sp³-hybridized carbons (Fsp3) is 0.588. The van der Waals surface area contributed by atoms with E-state index >= 15 is 0 Å². The zero-order chi connectivity index (χ0) is 15.4. The molecule has 1 fully saturated rings. The molecule has 1 saturated carbocycles. The maximum atomic E-state index is 12.0. The monoisotopic (exact) mass is 304 g/mol. The lowest BCUT2D eigenvalue weighted by atomic mass is 9.86. The molecule has 5 heteroatoms. The maximum absolute atomic E-state index is 12.0. The minimum atomic E-state index is -0.149. The van der Waals surface area contributed by atoms with E-state index in [1.165, 1.54) is 19.3 Å². The summed E-state index contributed by atoms with van der Waals surface area (Å²) in [6, 6.07) is 7.77. The van der Waals surface area contributed by atoms with Crippen LogP contribution in [0, 0.1) is 5.92 Å². The number of rotatable bonds is 3. The molecule has 2 amide bonds. The zero-order valence-electron chi connectivity index (χ0n) is 13.0. The summed E-state index contributed by atoms with van der Waals surface area (Å²) in [5.74, 6) is 2.06. The van der Waals surface area contributed by atoms with E-state index in [4.69, 9.17) is 9.47 Å². The molecule has 0 aromatic heterocycles. The average Bonchev–Trinajstić information content (AvgIpc) is 2.55. The van der Waals surface area contributed by atoms with Crippen molar-refractivity contribution in [2.24, 2.45) is 5.92 Å². The Labute approximate surface area is 131 Å². The quantitative estimate of drug-likeness (QED) is 0.902. The molecule has 0 saturated heterocycles. The summed E-state index contributed by atoms with van der Waals surface area (Å²) in [5.41, 5.74) is 0. The molecule has 1 aliphatic carbocycles. The van der Waals surface area contributed by atoms with Crippen molar-refractivity contribution in [2.75, 3.05) is 13.2 Å². The van der Waals surface area contributed by atoms with E-state index in [-0.39, 0.29) is 18.2 Å². The minimum absolute atomic E-state index is 0.110. The summed E-state index contributed by atoms with van der Waals surface area (Å²) in [5, 5.41) is 5.98. The largest absolute Gasteiger partial charge is 0.486 e. The van der Waals surface area contributed by atoms with Gasteiger partial charge in [0.1, 0.15) is 6.61 Å². The van der Waals surface area contributed by atoms with Crippen LogP contribution in [0.15, 0.2) is 24.3 Å². The van der Waals surface area contributed by atoms with Crippen molar-refractivity contribution < 1.29 is 14.3 Å². The summed E-state index contributed by atoms with van der Waals surface area (Å²) >= 11 is 0. The van der Waals surface area contributed by atoms with Gasteiger partial charge in [-0.25, -0.2) is 4.79 Å². The normalized spacial score (nSPS) is 27.0. The molecule has 1 aliphatic heterocycles. The smallest absolute Gasteiger partial charge is 0.315 e. The molecule has 3 unspecified atom stereocenters. The van der Waals surface area contributed by atoms with E-state index < -0.39 is 0 Å². The standard InChI is InChI=1S/C17H24N2O3/c1-12-6-2-3-7-14(12)19-17(20)18-10-13-11-21-15-8-4-5-9-16(15)22-13/h4-5,8-9,12-14H,2-3,6-7,10-11H2,1H3,(H2,18,19,20). The highest BCUT2D eigenvalue weighted by Crippen LogP contribution is 2.30. The highest BCUT2D eigenvalue weighted by molar-refractivity contribution is 5.74. The van der Waals surface area contributed by atoms with Crippen molar-refractivity contribution >= 4 is 6.03 Å². The van der Waals surface area contributed by atoms with Gasteiger partial charge in [0.25, 0.3) is 0 Å². The molecule has 120 valence electrons. The van der Waals surface area contributed by atoms with Crippen molar-refractivity contribution in [1.82, 2.24) is 10.6 Å². The molecule has 0 spiro atoms. The SMILES string of the molecule is CC1CCCCC1NC(=O)NCC1COc2ccccc2O1. The predicted octanol–water partition coefficient (Wildman–Crippen LogP) is 2.70. The number of para-hydroxylation sites is 2. The molecule has 5 nitrogen and oxygen atoms in total. The van der Waals surface area contributed by atoms with Crippen LogP contribution in [-0.2, 0) is 0 Å². The van der Waals surface area contributed by atoms with Gasteiger partial charge in [0.2, 0.25) is 0 Å². The van der Waals surface area contributed by atoms with Crippen LogP contribution >= 0.6 is 0 Å². The van der Waals surface area contributed by atoms with Gasteiger partial charge >= 0.3 is 6.03 Å². The third kappa shape index (κ3) is 3.64. The summed E-state index contributed by atoms with van der Waals surface area (Å²) in [7, 11) is 0. The van der Waals surface area contributed by atoms with Crippen LogP contribution in [0.5, 0.6) is 11.5 Å². The van der Waals surface area contributed by atoms with E-state index in [0.29, 0.717) is 19.1 Å². The molecule has 0 radical (unpaired) electrons. The minimum Gasteiger partial charge on any atom is -0.486 e. The van der Waals surface area contributed by atoms with Crippen LogP contribution in [0.1, 0.15) is 32.6 Å². The predicted molar refractivity (Wildman–Crippen MR) is 84.3 cm³/mol. The number of urea groups is 1. The number of benzene rings is 1. The Bertz CT molecular complexity index is 520. The number of hydrogen-bond acceptors (Lipinski definition) is 3. The third-order valence-electron chi connectivity index (χ3n) is 4.49. The van der Waals surface area contributed by atoms with Gasteiger partial charge in [0.05, 0.1) is 6.54 Å². The first-order valence-electron chi connectivity index (χ1n) is 8.15. The maximum Gasteiger partial charge on any atom is 0.315 e. The van der Waals surface area contributed by atoms with Crippen molar-refractivity contribution in [1.29, 1.82) is 0 Å². The number of carbonyl (C=O) groups is 1. The number of fused-ring (bicyclic) bond motifs is 1. The van der Waals surface area contributed by atoms with Crippen LogP contribution in [0.3, 0.4) is 0 Å². The Morgan fingerprint density at radius 3 is 2.82 bits per heavy atom. The van der Waals surface area contributed by atoms with Crippen molar-refractivity contribution in [3.8, 4) is 11.5 Å². The Balaban J connectivity index is 1.44. The molecule has 2 aliphatic rings. The number of ether oxygens (including phenoxy) is 2. The van der Waals surface area contributed by atoms with Gasteiger partial charge in [0, 0.05) is 6.04 Å². The summed E-state index contributed by atoms with van der Waals surface area (Å²) < 4.78 is 11.5. The topological polar surface area (TPSA) is 59.6 Å². The summed E-state index contributed by atoms with van der Waals surface area (Å²) in [6.45, 7) is 3.11. The van der Waals surface area contributed by atoms with Crippen molar-refractivity contribution in [3.05, 3.63) is 24.3 Å². The Morgan fingerprint density at radius 1 is 1.23 bits per heavy atom. The van der Waals surface area contributed by atoms with Gasteiger partial charge in [-0.15, -0.1) is 0 Å². The summed E-state index contributed by atoms with van der Waals surface area (Å²) in [6.07, 6.45) is 4.59. The van der Waals surface area contributed by atoms with Gasteiger partial charge in [0.15, 0.2) is 17.6 Å². The zero-order valence-corrected chi connectivity index (χ0v) is 13.0. The lowest BCUT2D eigenvalue weighted by Gasteiger charge is -2.30. The number of carbonyl (C=O) groups excluding carboxylic acids is 1. The van der Waals surface area contributed by atoms with Crippen LogP contribution < -0.4 is 20.1 Å². The van der Waals surface area contributed by atoms with Gasteiger partial charge in [-0.3, -0.25) is 0 Å². The number of nitrogens with one attached hydrogen (secondary N) is 2. The van der Waals surface area contributed by atoms with Crippen LogP contribution in [0.4, 0.5) is 4.79 Å². The first-order chi connectivity index (χ1) is 10.7. The second kappa shape index (κ2) is 6.90. The highest BCUT2D eigenvalue weighted by Gasteiger charge is 2.24. The first-order valence-corrected chi connectivity index (χ1v) is 8.15.